The van der Waals surface area contributed by atoms with Crippen LogP contribution in [-0.2, 0) is 0 Å². The van der Waals surface area contributed by atoms with Gasteiger partial charge in [0, 0.05) is 12.0 Å². The van der Waals surface area contributed by atoms with Crippen molar-refractivity contribution < 1.29 is 9.90 Å². The summed E-state index contributed by atoms with van der Waals surface area (Å²) in [7, 11) is 0. The lowest BCUT2D eigenvalue weighted by atomic mass is 10.0. The summed E-state index contributed by atoms with van der Waals surface area (Å²) < 4.78 is 0. The number of Topliss-reactive ketones (excluding diaryl/α,β-unsaturated/α-hetero) is 1. The molecule has 0 saturated heterocycles. The van der Waals surface area contributed by atoms with Crippen LogP contribution in [0.5, 0.6) is 5.75 Å². The molecule has 2 heteroatoms. The highest BCUT2D eigenvalue weighted by Gasteiger charge is 2.05. The number of ketones is 1. The van der Waals surface area contributed by atoms with Crippen LogP contribution in [0.15, 0.2) is 61.2 Å². The average molecular weight is 312 g/mol. The van der Waals surface area contributed by atoms with Crippen molar-refractivity contribution in [3.63, 3.8) is 0 Å². The second-order valence-electron chi connectivity index (χ2n) is 5.63. The van der Waals surface area contributed by atoms with E-state index in [0.717, 1.165) is 38.5 Å². The molecule has 23 heavy (non-hydrogen) atoms. The summed E-state index contributed by atoms with van der Waals surface area (Å²) in [5, 5.41) is 9.37. The van der Waals surface area contributed by atoms with E-state index in [-0.39, 0.29) is 11.5 Å². The molecule has 0 aliphatic rings. The Labute approximate surface area is 140 Å². The van der Waals surface area contributed by atoms with Gasteiger partial charge in [0.05, 0.1) is 0 Å². The maximum absolute atomic E-state index is 11.9. The van der Waals surface area contributed by atoms with E-state index in [0.29, 0.717) is 12.0 Å². The predicted octanol–water partition coefficient (Wildman–Crippen LogP) is 5.99. The SMILES string of the molecule is C=CCC=CCC=CCCCCCCC(=O)c1cccc(O)c1. The molecule has 0 radical (unpaired) electrons. The molecule has 2 nitrogen and oxygen atoms in total. The van der Waals surface area contributed by atoms with Crippen LogP contribution in [0.4, 0.5) is 0 Å². The first-order valence-corrected chi connectivity index (χ1v) is 8.47. The van der Waals surface area contributed by atoms with E-state index in [1.807, 2.05) is 6.08 Å². The van der Waals surface area contributed by atoms with Crippen molar-refractivity contribution in [3.8, 4) is 5.75 Å². The highest BCUT2D eigenvalue weighted by molar-refractivity contribution is 5.96. The minimum absolute atomic E-state index is 0.118. The van der Waals surface area contributed by atoms with Gasteiger partial charge in [-0.25, -0.2) is 0 Å². The Hall–Kier alpha value is -2.09. The number of hydrogen-bond donors (Lipinski definition) is 1. The normalized spacial score (nSPS) is 11.3. The van der Waals surface area contributed by atoms with Crippen LogP contribution in [0.1, 0.15) is 61.7 Å². The Morgan fingerprint density at radius 2 is 1.74 bits per heavy atom. The van der Waals surface area contributed by atoms with Gasteiger partial charge in [0.25, 0.3) is 0 Å². The third kappa shape index (κ3) is 9.51. The van der Waals surface area contributed by atoms with Crippen LogP contribution in [0.25, 0.3) is 0 Å². The molecule has 1 N–H and O–H groups in total. The zero-order chi connectivity index (χ0) is 16.8. The number of carbonyl (C=O) groups excluding carboxylic acids is 1. The molecule has 0 heterocycles. The van der Waals surface area contributed by atoms with Crippen LogP contribution >= 0.6 is 0 Å². The number of hydrogen-bond acceptors (Lipinski definition) is 2. The maximum Gasteiger partial charge on any atom is 0.163 e. The lowest BCUT2D eigenvalue weighted by Gasteiger charge is -2.02. The van der Waals surface area contributed by atoms with Crippen LogP contribution in [0.3, 0.4) is 0 Å². The van der Waals surface area contributed by atoms with Gasteiger partial charge in [-0.3, -0.25) is 4.79 Å². The van der Waals surface area contributed by atoms with E-state index in [1.54, 1.807) is 18.2 Å². The van der Waals surface area contributed by atoms with Gasteiger partial charge in [-0.05, 0) is 44.2 Å². The van der Waals surface area contributed by atoms with Crippen molar-refractivity contribution in [2.75, 3.05) is 0 Å². The fourth-order valence-electron chi connectivity index (χ4n) is 2.31. The number of unbranched alkanes of at least 4 members (excludes halogenated alkanes) is 4. The number of aromatic hydroxyl groups is 1. The number of allylic oxidation sites excluding steroid dienone is 5. The number of carbonyl (C=O) groups is 1. The smallest absolute Gasteiger partial charge is 0.163 e. The highest BCUT2D eigenvalue weighted by atomic mass is 16.3. The van der Waals surface area contributed by atoms with Gasteiger partial charge >= 0.3 is 0 Å². The van der Waals surface area contributed by atoms with Gasteiger partial charge in [-0.2, -0.15) is 0 Å². The standard InChI is InChI=1S/C21H28O2/c1-2-3-4-5-6-7-8-9-10-11-12-13-17-21(23)19-15-14-16-20(22)18-19/h2,4-5,7-8,14-16,18,22H,1,3,6,9-13,17H2. The number of phenolic OH excluding ortho intramolecular Hbond substituents is 1. The Bertz CT molecular complexity index is 526. The van der Waals surface area contributed by atoms with Gasteiger partial charge in [-0.1, -0.05) is 55.4 Å². The van der Waals surface area contributed by atoms with Gasteiger partial charge in [0.1, 0.15) is 5.75 Å². The fraction of sp³-hybridized carbons (Fsp3) is 0.381. The summed E-state index contributed by atoms with van der Waals surface area (Å²) in [6.07, 6.45) is 18.5. The van der Waals surface area contributed by atoms with Crippen molar-refractivity contribution in [1.29, 1.82) is 0 Å². The molecule has 0 bridgehead atoms. The van der Waals surface area contributed by atoms with Crippen molar-refractivity contribution in [2.45, 2.75) is 51.4 Å². The first kappa shape index (κ1) is 19.0. The molecule has 0 spiro atoms. The third-order valence-corrected chi connectivity index (χ3v) is 3.60. The minimum atomic E-state index is 0.118. The summed E-state index contributed by atoms with van der Waals surface area (Å²) in [6, 6.07) is 6.59. The van der Waals surface area contributed by atoms with Gasteiger partial charge < -0.3 is 5.11 Å². The summed E-state index contributed by atoms with van der Waals surface area (Å²) in [5.41, 5.74) is 0.609. The maximum atomic E-state index is 11.9. The molecule has 0 fully saturated rings. The number of benzene rings is 1. The summed E-state index contributed by atoms with van der Waals surface area (Å²) in [5.74, 6) is 0.272. The van der Waals surface area contributed by atoms with Gasteiger partial charge in [-0.15, -0.1) is 6.58 Å². The molecule has 0 amide bonds. The largest absolute Gasteiger partial charge is 0.508 e. The minimum Gasteiger partial charge on any atom is -0.508 e. The lowest BCUT2D eigenvalue weighted by Crippen LogP contribution is -1.98. The Morgan fingerprint density at radius 1 is 1.00 bits per heavy atom. The van der Waals surface area contributed by atoms with E-state index in [4.69, 9.17) is 0 Å². The summed E-state index contributed by atoms with van der Waals surface area (Å²) >= 11 is 0. The first-order valence-electron chi connectivity index (χ1n) is 8.47. The molecule has 0 saturated carbocycles. The topological polar surface area (TPSA) is 37.3 Å². The molecule has 0 aliphatic heterocycles. The molecule has 0 unspecified atom stereocenters. The molecule has 1 aromatic carbocycles. The van der Waals surface area contributed by atoms with Crippen LogP contribution < -0.4 is 0 Å². The zero-order valence-corrected chi connectivity index (χ0v) is 13.9. The molecular formula is C21H28O2. The van der Waals surface area contributed by atoms with Crippen molar-refractivity contribution >= 4 is 5.78 Å². The van der Waals surface area contributed by atoms with E-state index in [9.17, 15) is 9.90 Å². The lowest BCUT2D eigenvalue weighted by molar-refractivity contribution is 0.0978. The second kappa shape index (κ2) is 12.5. The van der Waals surface area contributed by atoms with Crippen LogP contribution in [0.2, 0.25) is 0 Å². The van der Waals surface area contributed by atoms with Crippen LogP contribution in [-0.4, -0.2) is 10.9 Å². The molecule has 1 rings (SSSR count). The average Bonchev–Trinajstić information content (AvgIpc) is 2.55. The number of rotatable bonds is 12. The predicted molar refractivity (Wildman–Crippen MR) is 97.9 cm³/mol. The zero-order valence-electron chi connectivity index (χ0n) is 13.9. The molecule has 0 aromatic heterocycles. The molecule has 0 atom stereocenters. The summed E-state index contributed by atoms with van der Waals surface area (Å²) in [6.45, 7) is 3.67. The Kier molecular flexibility index (Phi) is 10.3. The van der Waals surface area contributed by atoms with E-state index in [2.05, 4.69) is 30.9 Å². The fourth-order valence-corrected chi connectivity index (χ4v) is 2.31. The van der Waals surface area contributed by atoms with Crippen LogP contribution in [0, 0.1) is 0 Å². The van der Waals surface area contributed by atoms with Crippen molar-refractivity contribution in [3.05, 3.63) is 66.8 Å². The Morgan fingerprint density at radius 3 is 2.52 bits per heavy atom. The molecular weight excluding hydrogens is 284 g/mol. The summed E-state index contributed by atoms with van der Waals surface area (Å²) in [4.78, 5) is 11.9. The van der Waals surface area contributed by atoms with E-state index >= 15 is 0 Å². The molecule has 124 valence electrons. The van der Waals surface area contributed by atoms with Gasteiger partial charge in [0.15, 0.2) is 5.78 Å². The van der Waals surface area contributed by atoms with E-state index in [1.165, 1.54) is 12.5 Å². The quantitative estimate of drug-likeness (QED) is 0.292. The molecule has 0 aliphatic carbocycles. The first-order chi connectivity index (χ1) is 11.2. The highest BCUT2D eigenvalue weighted by Crippen LogP contribution is 2.15. The third-order valence-electron chi connectivity index (χ3n) is 3.60. The second-order valence-corrected chi connectivity index (χ2v) is 5.63. The van der Waals surface area contributed by atoms with E-state index < -0.39 is 0 Å². The van der Waals surface area contributed by atoms with Crippen molar-refractivity contribution in [1.82, 2.24) is 0 Å². The molecule has 1 aromatic rings. The number of phenols is 1. The monoisotopic (exact) mass is 312 g/mol. The Balaban J connectivity index is 2.02. The van der Waals surface area contributed by atoms with Gasteiger partial charge in [0.2, 0.25) is 0 Å². The van der Waals surface area contributed by atoms with Crippen molar-refractivity contribution in [2.24, 2.45) is 0 Å².